The van der Waals surface area contributed by atoms with Crippen LogP contribution in [0.5, 0.6) is 11.5 Å². The maximum absolute atomic E-state index is 5.60. The summed E-state index contributed by atoms with van der Waals surface area (Å²) in [4.78, 5) is 4.64. The van der Waals surface area contributed by atoms with Gasteiger partial charge in [0.05, 0.1) is 19.4 Å². The van der Waals surface area contributed by atoms with Crippen LogP contribution in [0.4, 0.5) is 0 Å². The first kappa shape index (κ1) is 14.8. The second-order valence-corrected chi connectivity index (χ2v) is 5.19. The van der Waals surface area contributed by atoms with Gasteiger partial charge < -0.3 is 15.2 Å². The minimum atomic E-state index is 0.611. The van der Waals surface area contributed by atoms with Crippen LogP contribution in [0.3, 0.4) is 0 Å². The second-order valence-electron chi connectivity index (χ2n) is 4.33. The van der Waals surface area contributed by atoms with E-state index in [1.54, 1.807) is 18.4 Å². The number of nitrogens with two attached hydrogens (primary N) is 1. The van der Waals surface area contributed by atoms with Crippen molar-refractivity contribution in [1.82, 2.24) is 4.98 Å². The summed E-state index contributed by atoms with van der Waals surface area (Å²) in [5.41, 5.74) is 7.68. The highest BCUT2D eigenvalue weighted by Crippen LogP contribution is 2.33. The van der Waals surface area contributed by atoms with Crippen molar-refractivity contribution in [1.29, 1.82) is 0 Å². The predicted molar refractivity (Wildman–Crippen MR) is 82.6 cm³/mol. The van der Waals surface area contributed by atoms with Crippen LogP contribution in [0.15, 0.2) is 23.6 Å². The second kappa shape index (κ2) is 7.26. The van der Waals surface area contributed by atoms with Gasteiger partial charge in [0, 0.05) is 10.9 Å². The average molecular weight is 292 g/mol. The van der Waals surface area contributed by atoms with E-state index in [0.29, 0.717) is 13.2 Å². The molecule has 0 saturated carbocycles. The molecule has 0 radical (unpaired) electrons. The van der Waals surface area contributed by atoms with Gasteiger partial charge in [0.25, 0.3) is 0 Å². The topological polar surface area (TPSA) is 57.4 Å². The van der Waals surface area contributed by atoms with Crippen molar-refractivity contribution < 1.29 is 9.47 Å². The molecule has 2 rings (SSSR count). The molecule has 0 amide bonds. The number of benzene rings is 1. The zero-order valence-electron chi connectivity index (χ0n) is 11.9. The number of nitrogens with zero attached hydrogens (tertiary/aromatic N) is 1. The van der Waals surface area contributed by atoms with Crippen molar-refractivity contribution in [3.63, 3.8) is 0 Å². The molecular formula is C15H20N2O2S. The SMILES string of the molecule is CCOc1cc(-c2nc(CCCN)cs2)ccc1OC. The molecule has 0 aliphatic carbocycles. The lowest BCUT2D eigenvalue weighted by Crippen LogP contribution is -2.00. The van der Waals surface area contributed by atoms with Crippen molar-refractivity contribution >= 4 is 11.3 Å². The van der Waals surface area contributed by atoms with Gasteiger partial charge in [0.2, 0.25) is 0 Å². The summed E-state index contributed by atoms with van der Waals surface area (Å²) in [6.45, 7) is 3.27. The number of thiazole rings is 1. The molecule has 4 nitrogen and oxygen atoms in total. The summed E-state index contributed by atoms with van der Waals surface area (Å²) in [5, 5.41) is 3.09. The lowest BCUT2D eigenvalue weighted by molar-refractivity contribution is 0.311. The number of hydrogen-bond acceptors (Lipinski definition) is 5. The summed E-state index contributed by atoms with van der Waals surface area (Å²) in [5.74, 6) is 1.50. The van der Waals surface area contributed by atoms with E-state index in [1.165, 1.54) is 0 Å². The molecule has 0 saturated heterocycles. The molecule has 0 atom stereocenters. The Labute approximate surface area is 123 Å². The van der Waals surface area contributed by atoms with Gasteiger partial charge in [-0.15, -0.1) is 11.3 Å². The van der Waals surface area contributed by atoms with Crippen molar-refractivity contribution in [3.8, 4) is 22.1 Å². The summed E-state index contributed by atoms with van der Waals surface area (Å²) in [6, 6.07) is 5.90. The fourth-order valence-electron chi connectivity index (χ4n) is 1.92. The molecule has 0 spiro atoms. The Morgan fingerprint density at radius 1 is 1.30 bits per heavy atom. The number of aromatic nitrogens is 1. The molecule has 2 N–H and O–H groups in total. The molecule has 108 valence electrons. The first-order chi connectivity index (χ1) is 9.78. The van der Waals surface area contributed by atoms with E-state index in [1.807, 2.05) is 25.1 Å². The number of rotatable bonds is 7. The molecule has 0 fully saturated rings. The third-order valence-corrected chi connectivity index (χ3v) is 3.84. The number of aryl methyl sites for hydroxylation is 1. The van der Waals surface area contributed by atoms with Crippen molar-refractivity contribution in [2.24, 2.45) is 5.73 Å². The quantitative estimate of drug-likeness (QED) is 0.852. The van der Waals surface area contributed by atoms with Crippen LogP contribution in [0.2, 0.25) is 0 Å². The standard InChI is InChI=1S/C15H20N2O2S/c1-3-19-14-9-11(6-7-13(14)18-2)15-17-12(10-20-15)5-4-8-16/h6-7,9-10H,3-5,8,16H2,1-2H3. The minimum absolute atomic E-state index is 0.611. The summed E-state index contributed by atoms with van der Waals surface area (Å²) < 4.78 is 10.9. The van der Waals surface area contributed by atoms with Gasteiger partial charge in [0.1, 0.15) is 5.01 Å². The van der Waals surface area contributed by atoms with Gasteiger partial charge in [-0.2, -0.15) is 0 Å². The zero-order valence-corrected chi connectivity index (χ0v) is 12.7. The highest BCUT2D eigenvalue weighted by Gasteiger charge is 2.09. The van der Waals surface area contributed by atoms with Gasteiger partial charge in [-0.25, -0.2) is 4.98 Å². The van der Waals surface area contributed by atoms with Crippen LogP contribution >= 0.6 is 11.3 Å². The molecule has 1 heterocycles. The lowest BCUT2D eigenvalue weighted by Gasteiger charge is -2.10. The molecule has 1 aromatic carbocycles. The molecule has 5 heteroatoms. The summed E-state index contributed by atoms with van der Waals surface area (Å²) in [7, 11) is 1.64. The number of methoxy groups -OCH3 is 1. The van der Waals surface area contributed by atoms with E-state index >= 15 is 0 Å². The largest absolute Gasteiger partial charge is 0.493 e. The van der Waals surface area contributed by atoms with E-state index in [9.17, 15) is 0 Å². The average Bonchev–Trinajstić information content (AvgIpc) is 2.94. The number of hydrogen-bond donors (Lipinski definition) is 1. The molecule has 0 unspecified atom stereocenters. The molecule has 0 bridgehead atoms. The first-order valence-electron chi connectivity index (χ1n) is 6.74. The Morgan fingerprint density at radius 2 is 2.15 bits per heavy atom. The fourth-order valence-corrected chi connectivity index (χ4v) is 2.77. The maximum atomic E-state index is 5.60. The van der Waals surface area contributed by atoms with E-state index < -0.39 is 0 Å². The van der Waals surface area contributed by atoms with Crippen LogP contribution < -0.4 is 15.2 Å². The smallest absolute Gasteiger partial charge is 0.161 e. The van der Waals surface area contributed by atoms with Crippen LogP contribution in [-0.4, -0.2) is 25.2 Å². The Kier molecular flexibility index (Phi) is 5.38. The van der Waals surface area contributed by atoms with Crippen LogP contribution in [0.25, 0.3) is 10.6 Å². The van der Waals surface area contributed by atoms with Gasteiger partial charge in [-0.3, -0.25) is 0 Å². The molecule has 2 aromatic rings. The molecular weight excluding hydrogens is 272 g/mol. The Morgan fingerprint density at radius 3 is 2.85 bits per heavy atom. The Balaban J connectivity index is 2.23. The van der Waals surface area contributed by atoms with Crippen LogP contribution in [-0.2, 0) is 6.42 Å². The molecule has 20 heavy (non-hydrogen) atoms. The third kappa shape index (κ3) is 3.49. The van der Waals surface area contributed by atoms with Gasteiger partial charge >= 0.3 is 0 Å². The maximum Gasteiger partial charge on any atom is 0.161 e. The highest BCUT2D eigenvalue weighted by molar-refractivity contribution is 7.13. The Hall–Kier alpha value is -1.59. The molecule has 0 aliphatic rings. The zero-order chi connectivity index (χ0) is 14.4. The van der Waals surface area contributed by atoms with Gasteiger partial charge in [-0.1, -0.05) is 0 Å². The predicted octanol–water partition coefficient (Wildman–Crippen LogP) is 3.11. The van der Waals surface area contributed by atoms with Crippen molar-refractivity contribution in [2.45, 2.75) is 19.8 Å². The van der Waals surface area contributed by atoms with E-state index in [4.69, 9.17) is 15.2 Å². The number of ether oxygens (including phenoxy) is 2. The van der Waals surface area contributed by atoms with Crippen molar-refractivity contribution in [3.05, 3.63) is 29.3 Å². The van der Waals surface area contributed by atoms with E-state index in [-0.39, 0.29) is 0 Å². The fraction of sp³-hybridized carbons (Fsp3) is 0.400. The van der Waals surface area contributed by atoms with Gasteiger partial charge in [-0.05, 0) is 44.5 Å². The van der Waals surface area contributed by atoms with Crippen molar-refractivity contribution in [2.75, 3.05) is 20.3 Å². The summed E-state index contributed by atoms with van der Waals surface area (Å²) in [6.07, 6.45) is 1.90. The van der Waals surface area contributed by atoms with Crippen LogP contribution in [0.1, 0.15) is 19.0 Å². The minimum Gasteiger partial charge on any atom is -0.493 e. The van der Waals surface area contributed by atoms with Gasteiger partial charge in [0.15, 0.2) is 11.5 Å². The third-order valence-electron chi connectivity index (χ3n) is 2.90. The first-order valence-corrected chi connectivity index (χ1v) is 7.62. The van der Waals surface area contributed by atoms with E-state index in [0.717, 1.165) is 40.6 Å². The molecule has 0 aliphatic heterocycles. The summed E-state index contributed by atoms with van der Waals surface area (Å²) >= 11 is 1.65. The van der Waals surface area contributed by atoms with E-state index in [2.05, 4.69) is 10.4 Å². The monoisotopic (exact) mass is 292 g/mol. The Bertz CT molecular complexity index is 555. The lowest BCUT2D eigenvalue weighted by atomic mass is 10.2. The normalized spacial score (nSPS) is 10.6. The molecule has 1 aromatic heterocycles. The highest BCUT2D eigenvalue weighted by atomic mass is 32.1. The van der Waals surface area contributed by atoms with Crippen LogP contribution in [0, 0.1) is 0 Å².